The van der Waals surface area contributed by atoms with E-state index in [1.807, 2.05) is 44.2 Å². The third-order valence-corrected chi connectivity index (χ3v) is 4.40. The Hall–Kier alpha value is -2.59. The second-order valence-electron chi connectivity index (χ2n) is 6.23. The van der Waals surface area contributed by atoms with E-state index in [0.717, 1.165) is 11.1 Å². The van der Waals surface area contributed by atoms with Crippen LogP contribution in [-0.4, -0.2) is 27.6 Å². The van der Waals surface area contributed by atoms with Gasteiger partial charge < -0.3 is 9.88 Å². The van der Waals surface area contributed by atoms with Crippen molar-refractivity contribution in [3.05, 3.63) is 70.9 Å². The number of aromatic nitrogens is 1. The number of aromatic amines is 1. The molecule has 2 aromatic carbocycles. The van der Waals surface area contributed by atoms with Gasteiger partial charge in [0, 0.05) is 34.7 Å². The van der Waals surface area contributed by atoms with Crippen molar-refractivity contribution in [1.29, 1.82) is 0 Å². The maximum atomic E-state index is 12.8. The number of carbonyl (C=O) groups is 2. The van der Waals surface area contributed by atoms with Gasteiger partial charge in [0.1, 0.15) is 0 Å². The number of benzene rings is 2. The Kier molecular flexibility index (Phi) is 4.91. The maximum absolute atomic E-state index is 12.8. The van der Waals surface area contributed by atoms with Crippen LogP contribution in [0.15, 0.2) is 54.7 Å². The van der Waals surface area contributed by atoms with Crippen LogP contribution in [0.5, 0.6) is 0 Å². The average Bonchev–Trinajstić information content (AvgIpc) is 3.02. The first-order valence-corrected chi connectivity index (χ1v) is 8.51. The van der Waals surface area contributed by atoms with Gasteiger partial charge >= 0.3 is 0 Å². The Morgan fingerprint density at radius 1 is 1.12 bits per heavy atom. The summed E-state index contributed by atoms with van der Waals surface area (Å²) in [4.78, 5) is 30.3. The van der Waals surface area contributed by atoms with Crippen molar-refractivity contribution in [2.75, 3.05) is 0 Å². The van der Waals surface area contributed by atoms with E-state index in [1.165, 1.54) is 0 Å². The molecule has 128 valence electrons. The zero-order chi connectivity index (χ0) is 18.0. The zero-order valence-electron chi connectivity index (χ0n) is 14.1. The van der Waals surface area contributed by atoms with Crippen molar-refractivity contribution in [3.63, 3.8) is 0 Å². The molecule has 0 aliphatic heterocycles. The first-order valence-electron chi connectivity index (χ1n) is 8.13. The van der Waals surface area contributed by atoms with Crippen LogP contribution >= 0.6 is 11.6 Å². The van der Waals surface area contributed by atoms with E-state index in [4.69, 9.17) is 11.6 Å². The first kappa shape index (κ1) is 17.2. The van der Waals surface area contributed by atoms with E-state index in [0.29, 0.717) is 22.5 Å². The van der Waals surface area contributed by atoms with E-state index in [9.17, 15) is 9.59 Å². The average molecular weight is 355 g/mol. The van der Waals surface area contributed by atoms with Crippen molar-refractivity contribution in [1.82, 2.24) is 9.88 Å². The number of halogens is 1. The molecule has 0 atom stereocenters. The minimum absolute atomic E-state index is 0.0922. The summed E-state index contributed by atoms with van der Waals surface area (Å²) in [5, 5.41) is 1.19. The number of hydrogen-bond donors (Lipinski definition) is 1. The molecule has 3 rings (SSSR count). The minimum Gasteiger partial charge on any atom is -0.360 e. The lowest BCUT2D eigenvalue weighted by Crippen LogP contribution is -2.40. The highest BCUT2D eigenvalue weighted by molar-refractivity contribution is 6.45. The second-order valence-corrected chi connectivity index (χ2v) is 6.67. The fraction of sp³-hybridized carbons (Fsp3) is 0.200. The number of nitrogens with one attached hydrogen (secondary N) is 1. The molecule has 0 spiro atoms. The second kappa shape index (κ2) is 7.11. The van der Waals surface area contributed by atoms with Crippen LogP contribution in [0.25, 0.3) is 10.9 Å². The molecule has 1 N–H and O–H groups in total. The molecule has 1 amide bonds. The number of ketones is 1. The SMILES string of the molecule is CC(C)N(Cc1ccccc1)C(=O)C(=O)c1c[nH]c2ccc(Cl)cc12. The molecule has 0 bridgehead atoms. The Bertz CT molecular complexity index is 916. The molecule has 1 aromatic heterocycles. The summed E-state index contributed by atoms with van der Waals surface area (Å²) in [5.41, 5.74) is 2.11. The molecule has 0 unspecified atom stereocenters. The van der Waals surface area contributed by atoms with E-state index in [1.54, 1.807) is 29.3 Å². The fourth-order valence-corrected chi connectivity index (χ4v) is 2.97. The van der Waals surface area contributed by atoms with Crippen LogP contribution in [0.1, 0.15) is 29.8 Å². The van der Waals surface area contributed by atoms with Crippen molar-refractivity contribution in [3.8, 4) is 0 Å². The number of fused-ring (bicyclic) bond motifs is 1. The molecule has 4 nitrogen and oxygen atoms in total. The highest BCUT2D eigenvalue weighted by Gasteiger charge is 2.27. The van der Waals surface area contributed by atoms with E-state index in [2.05, 4.69) is 4.98 Å². The van der Waals surface area contributed by atoms with Gasteiger partial charge in [0.15, 0.2) is 0 Å². The summed E-state index contributed by atoms with van der Waals surface area (Å²) in [5.74, 6) is -1.04. The predicted molar refractivity (Wildman–Crippen MR) is 99.8 cm³/mol. The molecular formula is C20H19ClN2O2. The van der Waals surface area contributed by atoms with Crippen LogP contribution < -0.4 is 0 Å². The number of carbonyl (C=O) groups excluding carboxylic acids is 2. The quantitative estimate of drug-likeness (QED) is 0.544. The number of H-pyrrole nitrogens is 1. The molecule has 0 radical (unpaired) electrons. The third-order valence-electron chi connectivity index (χ3n) is 4.16. The van der Waals surface area contributed by atoms with Crippen LogP contribution in [0.2, 0.25) is 5.02 Å². The van der Waals surface area contributed by atoms with Gasteiger partial charge in [0.25, 0.3) is 11.7 Å². The standard InChI is InChI=1S/C20H19ClN2O2/c1-13(2)23(12-14-6-4-3-5-7-14)20(25)19(24)17-11-22-18-9-8-15(21)10-16(17)18/h3-11,13,22H,12H2,1-2H3. The molecule has 0 saturated heterocycles. The highest BCUT2D eigenvalue weighted by atomic mass is 35.5. The van der Waals surface area contributed by atoms with Gasteiger partial charge in [-0.3, -0.25) is 9.59 Å². The molecule has 0 aliphatic carbocycles. The van der Waals surface area contributed by atoms with E-state index in [-0.39, 0.29) is 6.04 Å². The van der Waals surface area contributed by atoms with Gasteiger partial charge in [-0.2, -0.15) is 0 Å². The lowest BCUT2D eigenvalue weighted by molar-refractivity contribution is -0.128. The number of nitrogens with zero attached hydrogens (tertiary/aromatic N) is 1. The number of amides is 1. The minimum atomic E-state index is -0.529. The summed E-state index contributed by atoms with van der Waals surface area (Å²) in [7, 11) is 0. The Balaban J connectivity index is 1.90. The zero-order valence-corrected chi connectivity index (χ0v) is 14.9. The van der Waals surface area contributed by atoms with Crippen molar-refractivity contribution in [2.24, 2.45) is 0 Å². The van der Waals surface area contributed by atoms with Crippen LogP contribution in [0, 0.1) is 0 Å². The number of Topliss-reactive ketones (excluding diaryl/α,β-unsaturated/α-hetero) is 1. The molecule has 0 fully saturated rings. The van der Waals surface area contributed by atoms with E-state index >= 15 is 0 Å². The Morgan fingerprint density at radius 2 is 1.84 bits per heavy atom. The smallest absolute Gasteiger partial charge is 0.295 e. The van der Waals surface area contributed by atoms with Crippen LogP contribution in [-0.2, 0) is 11.3 Å². The van der Waals surface area contributed by atoms with Crippen LogP contribution in [0.3, 0.4) is 0 Å². The Morgan fingerprint density at radius 3 is 2.52 bits per heavy atom. The molecule has 3 aromatic rings. The van der Waals surface area contributed by atoms with Gasteiger partial charge in [-0.25, -0.2) is 0 Å². The first-order chi connectivity index (χ1) is 12.0. The lowest BCUT2D eigenvalue weighted by Gasteiger charge is -2.26. The van der Waals surface area contributed by atoms with Crippen LogP contribution in [0.4, 0.5) is 0 Å². The van der Waals surface area contributed by atoms with Gasteiger partial charge in [-0.15, -0.1) is 0 Å². The van der Waals surface area contributed by atoms with E-state index < -0.39 is 11.7 Å². The normalized spacial score (nSPS) is 11.0. The molecule has 5 heteroatoms. The topological polar surface area (TPSA) is 53.2 Å². The number of rotatable bonds is 5. The monoisotopic (exact) mass is 354 g/mol. The molecule has 0 saturated carbocycles. The molecule has 0 aliphatic rings. The molecule has 1 heterocycles. The molecule has 25 heavy (non-hydrogen) atoms. The highest BCUT2D eigenvalue weighted by Crippen LogP contribution is 2.23. The summed E-state index contributed by atoms with van der Waals surface area (Å²) in [6.45, 7) is 4.20. The summed E-state index contributed by atoms with van der Waals surface area (Å²) in [6.07, 6.45) is 1.57. The van der Waals surface area contributed by atoms with Gasteiger partial charge in [0.05, 0.1) is 5.56 Å². The Labute approximate surface area is 151 Å². The molecular weight excluding hydrogens is 336 g/mol. The van der Waals surface area contributed by atoms with Crippen molar-refractivity contribution >= 4 is 34.2 Å². The lowest BCUT2D eigenvalue weighted by atomic mass is 10.1. The van der Waals surface area contributed by atoms with Gasteiger partial charge in [-0.05, 0) is 37.6 Å². The van der Waals surface area contributed by atoms with Gasteiger partial charge in [0.2, 0.25) is 0 Å². The van der Waals surface area contributed by atoms with Crippen molar-refractivity contribution in [2.45, 2.75) is 26.4 Å². The maximum Gasteiger partial charge on any atom is 0.295 e. The summed E-state index contributed by atoms with van der Waals surface area (Å²) >= 11 is 6.03. The summed E-state index contributed by atoms with van der Waals surface area (Å²) in [6, 6.07) is 14.8. The van der Waals surface area contributed by atoms with Crippen molar-refractivity contribution < 1.29 is 9.59 Å². The largest absolute Gasteiger partial charge is 0.360 e. The third kappa shape index (κ3) is 3.59. The van der Waals surface area contributed by atoms with Gasteiger partial charge in [-0.1, -0.05) is 41.9 Å². The summed E-state index contributed by atoms with van der Waals surface area (Å²) < 4.78 is 0. The predicted octanol–water partition coefficient (Wildman–Crippen LogP) is 4.44. The fourth-order valence-electron chi connectivity index (χ4n) is 2.80. The number of hydrogen-bond acceptors (Lipinski definition) is 2.